The molecule has 0 unspecified atom stereocenters. The maximum atomic E-state index is 9.55. The van der Waals surface area contributed by atoms with Crippen molar-refractivity contribution in [2.45, 2.75) is 6.92 Å². The second kappa shape index (κ2) is 8.27. The normalized spacial score (nSPS) is 9.76. The number of aliphatic carboxylic acids is 2. The van der Waals surface area contributed by atoms with Gasteiger partial charge in [-0.3, -0.25) is 4.98 Å². The van der Waals surface area contributed by atoms with Crippen LogP contribution in [0.5, 0.6) is 0 Å². The molecule has 0 aliphatic heterocycles. The van der Waals surface area contributed by atoms with Crippen molar-refractivity contribution in [3.8, 4) is 11.3 Å². The lowest BCUT2D eigenvalue weighted by Crippen LogP contribution is -1.91. The highest BCUT2D eigenvalue weighted by Gasteiger charge is 1.95. The minimum Gasteiger partial charge on any atom is -0.478 e. The van der Waals surface area contributed by atoms with E-state index in [9.17, 15) is 9.59 Å². The topological polar surface area (TPSA) is 87.5 Å². The molecule has 0 atom stereocenters. The van der Waals surface area contributed by atoms with Crippen molar-refractivity contribution in [2.75, 3.05) is 0 Å². The van der Waals surface area contributed by atoms with E-state index in [1.165, 1.54) is 11.1 Å². The highest BCUT2D eigenvalue weighted by molar-refractivity contribution is 5.89. The van der Waals surface area contributed by atoms with Crippen molar-refractivity contribution in [1.82, 2.24) is 4.98 Å². The number of aryl methyl sites for hydroxylation is 1. The average Bonchev–Trinajstić information content (AvgIpc) is 2.47. The van der Waals surface area contributed by atoms with E-state index in [4.69, 9.17) is 10.2 Å². The fraction of sp³-hybridized carbons (Fsp3) is 0.0625. The molecule has 0 saturated heterocycles. The number of carboxylic acids is 2. The Morgan fingerprint density at radius 2 is 1.52 bits per heavy atom. The summed E-state index contributed by atoms with van der Waals surface area (Å²) in [5.41, 5.74) is 3.48. The van der Waals surface area contributed by atoms with Crippen LogP contribution in [0.25, 0.3) is 11.3 Å². The van der Waals surface area contributed by atoms with Gasteiger partial charge in [-0.05, 0) is 19.1 Å². The Morgan fingerprint density at radius 1 is 0.952 bits per heavy atom. The lowest BCUT2D eigenvalue weighted by Gasteiger charge is -1.99. The first kappa shape index (κ1) is 16.1. The molecular formula is C16H15NO4. The predicted octanol–water partition coefficient (Wildman–Crippen LogP) is 2.77. The van der Waals surface area contributed by atoms with Crippen LogP contribution in [0.3, 0.4) is 0 Å². The van der Waals surface area contributed by atoms with E-state index >= 15 is 0 Å². The molecular weight excluding hydrogens is 270 g/mol. The molecule has 1 aromatic heterocycles. The molecule has 21 heavy (non-hydrogen) atoms. The van der Waals surface area contributed by atoms with Crippen LogP contribution in [0.15, 0.2) is 60.8 Å². The second-order valence-corrected chi connectivity index (χ2v) is 4.09. The molecule has 108 valence electrons. The molecule has 0 bridgehead atoms. The number of benzene rings is 1. The molecule has 0 saturated carbocycles. The van der Waals surface area contributed by atoms with Crippen LogP contribution < -0.4 is 0 Å². The van der Waals surface area contributed by atoms with E-state index < -0.39 is 11.9 Å². The zero-order chi connectivity index (χ0) is 15.7. The third kappa shape index (κ3) is 6.68. The molecule has 1 heterocycles. The minimum atomic E-state index is -1.26. The monoisotopic (exact) mass is 285 g/mol. The zero-order valence-electron chi connectivity index (χ0n) is 11.4. The molecule has 0 amide bonds. The van der Waals surface area contributed by atoms with E-state index in [1.807, 2.05) is 24.4 Å². The molecule has 0 fully saturated rings. The number of nitrogens with zero attached hydrogens (tertiary/aromatic N) is 1. The Morgan fingerprint density at radius 3 is 1.95 bits per heavy atom. The van der Waals surface area contributed by atoms with Crippen molar-refractivity contribution in [3.63, 3.8) is 0 Å². The number of rotatable bonds is 3. The van der Waals surface area contributed by atoms with Crippen LogP contribution >= 0.6 is 0 Å². The zero-order valence-corrected chi connectivity index (χ0v) is 11.4. The molecule has 2 aromatic rings. The largest absolute Gasteiger partial charge is 0.478 e. The first-order valence-electron chi connectivity index (χ1n) is 6.11. The summed E-state index contributed by atoms with van der Waals surface area (Å²) in [7, 11) is 0. The predicted molar refractivity (Wildman–Crippen MR) is 78.8 cm³/mol. The van der Waals surface area contributed by atoms with Crippen molar-refractivity contribution in [1.29, 1.82) is 0 Å². The molecule has 1 aromatic carbocycles. The molecule has 0 aliphatic carbocycles. The Balaban J connectivity index is 0.000000240. The van der Waals surface area contributed by atoms with E-state index in [-0.39, 0.29) is 0 Å². The molecule has 5 heteroatoms. The summed E-state index contributed by atoms with van der Waals surface area (Å²) < 4.78 is 0. The lowest BCUT2D eigenvalue weighted by atomic mass is 10.1. The summed E-state index contributed by atoms with van der Waals surface area (Å²) in [6.45, 7) is 2.09. The third-order valence-corrected chi connectivity index (χ3v) is 2.38. The van der Waals surface area contributed by atoms with Gasteiger partial charge in [-0.15, -0.1) is 0 Å². The number of hydrogen-bond donors (Lipinski definition) is 2. The van der Waals surface area contributed by atoms with Gasteiger partial charge in [0.15, 0.2) is 0 Å². The number of hydrogen-bond acceptors (Lipinski definition) is 3. The van der Waals surface area contributed by atoms with Crippen LogP contribution in [-0.2, 0) is 9.59 Å². The minimum absolute atomic E-state index is 0.558. The summed E-state index contributed by atoms with van der Waals surface area (Å²) in [5, 5.41) is 15.6. The number of pyridine rings is 1. The van der Waals surface area contributed by atoms with Gasteiger partial charge in [-0.2, -0.15) is 0 Å². The highest BCUT2D eigenvalue weighted by Crippen LogP contribution is 2.15. The SMILES string of the molecule is Cc1ccc(-c2ccccn2)cc1.O=C(O)/C=C/C(=O)O. The van der Waals surface area contributed by atoms with E-state index in [1.54, 1.807) is 0 Å². The van der Waals surface area contributed by atoms with Crippen LogP contribution in [-0.4, -0.2) is 27.1 Å². The Bertz CT molecular complexity index is 602. The first-order chi connectivity index (χ1) is 9.99. The first-order valence-corrected chi connectivity index (χ1v) is 6.11. The van der Waals surface area contributed by atoms with Crippen molar-refractivity contribution in [2.24, 2.45) is 0 Å². The molecule has 0 spiro atoms. The van der Waals surface area contributed by atoms with Crippen LogP contribution in [0.2, 0.25) is 0 Å². The Kier molecular flexibility index (Phi) is 6.34. The summed E-state index contributed by atoms with van der Waals surface area (Å²) in [6, 6.07) is 14.3. The van der Waals surface area contributed by atoms with Gasteiger partial charge in [0.2, 0.25) is 0 Å². The molecule has 0 radical (unpaired) electrons. The van der Waals surface area contributed by atoms with E-state index in [0.29, 0.717) is 12.2 Å². The van der Waals surface area contributed by atoms with E-state index in [0.717, 1.165) is 5.69 Å². The van der Waals surface area contributed by atoms with Crippen molar-refractivity contribution < 1.29 is 19.8 Å². The Hall–Kier alpha value is -2.95. The summed E-state index contributed by atoms with van der Waals surface area (Å²) in [6.07, 6.45) is 2.93. The summed E-state index contributed by atoms with van der Waals surface area (Å²) in [5.74, 6) is -2.51. The van der Waals surface area contributed by atoms with E-state index in [2.05, 4.69) is 36.2 Å². The Labute approximate surface area is 122 Å². The van der Waals surface area contributed by atoms with Crippen LogP contribution in [0.4, 0.5) is 0 Å². The third-order valence-electron chi connectivity index (χ3n) is 2.38. The average molecular weight is 285 g/mol. The van der Waals surface area contributed by atoms with Gasteiger partial charge in [-0.1, -0.05) is 35.9 Å². The smallest absolute Gasteiger partial charge is 0.328 e. The molecule has 2 rings (SSSR count). The van der Waals surface area contributed by atoms with Gasteiger partial charge in [0.25, 0.3) is 0 Å². The lowest BCUT2D eigenvalue weighted by molar-refractivity contribution is -0.134. The molecule has 2 N–H and O–H groups in total. The van der Waals surface area contributed by atoms with Gasteiger partial charge in [0.1, 0.15) is 0 Å². The van der Waals surface area contributed by atoms with Crippen LogP contribution in [0.1, 0.15) is 5.56 Å². The van der Waals surface area contributed by atoms with Gasteiger partial charge >= 0.3 is 11.9 Å². The number of carboxylic acid groups (broad SMARTS) is 2. The van der Waals surface area contributed by atoms with Gasteiger partial charge < -0.3 is 10.2 Å². The fourth-order valence-electron chi connectivity index (χ4n) is 1.40. The molecule has 0 aliphatic rings. The summed E-state index contributed by atoms with van der Waals surface area (Å²) in [4.78, 5) is 23.4. The highest BCUT2D eigenvalue weighted by atomic mass is 16.4. The maximum absolute atomic E-state index is 9.55. The van der Waals surface area contributed by atoms with Crippen LogP contribution in [0, 0.1) is 6.92 Å². The van der Waals surface area contributed by atoms with Crippen molar-refractivity contribution >= 4 is 11.9 Å². The number of carbonyl (C=O) groups is 2. The second-order valence-electron chi connectivity index (χ2n) is 4.09. The summed E-state index contributed by atoms with van der Waals surface area (Å²) >= 11 is 0. The number of aromatic nitrogens is 1. The fourth-order valence-corrected chi connectivity index (χ4v) is 1.40. The van der Waals surface area contributed by atoms with Gasteiger partial charge in [0.05, 0.1) is 5.69 Å². The van der Waals surface area contributed by atoms with Gasteiger partial charge in [-0.25, -0.2) is 9.59 Å². The standard InChI is InChI=1S/C12H11N.C4H4O4/c1-10-5-7-11(8-6-10)12-4-2-3-9-13-12;5-3(6)1-2-4(7)8/h2-9H,1H3;1-2H,(H,5,6)(H,7,8)/b;2-1+. The van der Waals surface area contributed by atoms with Gasteiger partial charge in [0, 0.05) is 23.9 Å². The molecule has 5 nitrogen and oxygen atoms in total. The van der Waals surface area contributed by atoms with Crippen molar-refractivity contribution in [3.05, 3.63) is 66.4 Å². The quantitative estimate of drug-likeness (QED) is 0.847. The maximum Gasteiger partial charge on any atom is 0.328 e.